The molecule has 0 aliphatic carbocycles. The lowest BCUT2D eigenvalue weighted by molar-refractivity contribution is 0.628. The highest BCUT2D eigenvalue weighted by Gasteiger charge is 2.20. The second kappa shape index (κ2) is 7.57. The van der Waals surface area contributed by atoms with E-state index in [0.717, 1.165) is 49.6 Å². The van der Waals surface area contributed by atoms with Crippen LogP contribution in [0.15, 0.2) is 48.9 Å². The average molecular weight is 361 g/mol. The fourth-order valence-electron chi connectivity index (χ4n) is 3.22. The second-order valence-corrected chi connectivity index (χ2v) is 6.71. The Labute approximate surface area is 159 Å². The van der Waals surface area contributed by atoms with Gasteiger partial charge in [0.1, 0.15) is 5.82 Å². The number of benzene rings is 1. The molecule has 4 rings (SSSR count). The second-order valence-electron chi connectivity index (χ2n) is 6.71. The van der Waals surface area contributed by atoms with Crippen LogP contribution in [0.1, 0.15) is 11.1 Å². The molecule has 3 heterocycles. The minimum Gasteiger partial charge on any atom is -0.340 e. The van der Waals surface area contributed by atoms with E-state index in [1.165, 1.54) is 11.1 Å². The maximum absolute atomic E-state index is 4.71. The van der Waals surface area contributed by atoms with E-state index in [0.29, 0.717) is 0 Å². The number of hydrogen-bond acceptors (Lipinski definition) is 7. The summed E-state index contributed by atoms with van der Waals surface area (Å²) >= 11 is 0. The molecule has 0 bridgehead atoms. The molecule has 0 atom stereocenters. The number of rotatable bonds is 4. The molecule has 0 spiro atoms. The van der Waals surface area contributed by atoms with Gasteiger partial charge in [-0.1, -0.05) is 17.7 Å². The Morgan fingerprint density at radius 2 is 1.48 bits per heavy atom. The van der Waals surface area contributed by atoms with Gasteiger partial charge in [0.05, 0.1) is 0 Å². The molecule has 1 saturated heterocycles. The number of hydrogen-bond donors (Lipinski definition) is 1. The van der Waals surface area contributed by atoms with Crippen LogP contribution >= 0.6 is 0 Å². The van der Waals surface area contributed by atoms with Gasteiger partial charge >= 0.3 is 0 Å². The summed E-state index contributed by atoms with van der Waals surface area (Å²) in [6, 6.07) is 10.1. The van der Waals surface area contributed by atoms with Crippen LogP contribution in [0.5, 0.6) is 0 Å². The summed E-state index contributed by atoms with van der Waals surface area (Å²) in [4.78, 5) is 22.2. The first kappa shape index (κ1) is 17.2. The predicted molar refractivity (Wildman–Crippen MR) is 108 cm³/mol. The fraction of sp³-hybridized carbons (Fsp3) is 0.300. The van der Waals surface area contributed by atoms with Crippen molar-refractivity contribution in [3.63, 3.8) is 0 Å². The van der Waals surface area contributed by atoms with Gasteiger partial charge in [0, 0.05) is 50.5 Å². The maximum atomic E-state index is 4.71. The van der Waals surface area contributed by atoms with Crippen LogP contribution in [0.4, 0.5) is 23.4 Å². The average Bonchev–Trinajstić information content (AvgIpc) is 2.71. The Kier molecular flexibility index (Phi) is 4.82. The van der Waals surface area contributed by atoms with Crippen molar-refractivity contribution >= 4 is 23.4 Å². The smallest absolute Gasteiger partial charge is 0.227 e. The summed E-state index contributed by atoms with van der Waals surface area (Å²) < 4.78 is 0. The summed E-state index contributed by atoms with van der Waals surface area (Å²) in [5.74, 6) is 2.34. The van der Waals surface area contributed by atoms with Crippen LogP contribution in [0.2, 0.25) is 0 Å². The van der Waals surface area contributed by atoms with Gasteiger partial charge in [-0.2, -0.15) is 4.98 Å². The molecule has 7 nitrogen and oxygen atoms in total. The maximum Gasteiger partial charge on any atom is 0.227 e. The third kappa shape index (κ3) is 3.97. The third-order valence-corrected chi connectivity index (χ3v) is 4.69. The molecule has 0 amide bonds. The van der Waals surface area contributed by atoms with Crippen molar-refractivity contribution < 1.29 is 0 Å². The number of nitrogens with zero attached hydrogens (tertiary/aromatic N) is 6. The molecule has 1 aromatic carbocycles. The highest BCUT2D eigenvalue weighted by atomic mass is 15.4. The molecule has 138 valence electrons. The van der Waals surface area contributed by atoms with E-state index < -0.39 is 0 Å². The summed E-state index contributed by atoms with van der Waals surface area (Å²) in [7, 11) is 0. The van der Waals surface area contributed by atoms with E-state index in [2.05, 4.69) is 62.1 Å². The fourth-order valence-corrected chi connectivity index (χ4v) is 3.22. The van der Waals surface area contributed by atoms with E-state index in [1.807, 2.05) is 12.1 Å². The van der Waals surface area contributed by atoms with Crippen LogP contribution in [0.3, 0.4) is 0 Å². The quantitative estimate of drug-likeness (QED) is 0.766. The lowest BCUT2D eigenvalue weighted by Crippen LogP contribution is -2.47. The van der Waals surface area contributed by atoms with Crippen LogP contribution in [-0.4, -0.2) is 46.1 Å². The molecule has 27 heavy (non-hydrogen) atoms. The van der Waals surface area contributed by atoms with Gasteiger partial charge in [0.15, 0.2) is 0 Å². The molecule has 0 radical (unpaired) electrons. The van der Waals surface area contributed by atoms with Gasteiger partial charge in [0.25, 0.3) is 0 Å². The highest BCUT2D eigenvalue weighted by molar-refractivity contribution is 5.61. The number of piperazine rings is 1. The first-order chi connectivity index (χ1) is 13.2. The molecule has 0 unspecified atom stereocenters. The van der Waals surface area contributed by atoms with E-state index in [4.69, 9.17) is 4.98 Å². The number of aromatic nitrogens is 4. The zero-order chi connectivity index (χ0) is 18.6. The molecule has 1 N–H and O–H groups in total. The largest absolute Gasteiger partial charge is 0.340 e. The molecule has 1 aliphatic rings. The van der Waals surface area contributed by atoms with Gasteiger partial charge < -0.3 is 15.1 Å². The zero-order valence-corrected chi connectivity index (χ0v) is 15.6. The lowest BCUT2D eigenvalue weighted by Gasteiger charge is -2.34. The molecule has 3 aromatic rings. The Hall–Kier alpha value is -3.22. The van der Waals surface area contributed by atoms with E-state index in [-0.39, 0.29) is 0 Å². The number of aryl methyl sites for hydroxylation is 2. The van der Waals surface area contributed by atoms with Crippen molar-refractivity contribution in [2.45, 2.75) is 13.8 Å². The van der Waals surface area contributed by atoms with E-state index in [9.17, 15) is 0 Å². The summed E-state index contributed by atoms with van der Waals surface area (Å²) in [5.41, 5.74) is 3.52. The monoisotopic (exact) mass is 361 g/mol. The molecule has 7 heteroatoms. The van der Waals surface area contributed by atoms with Crippen molar-refractivity contribution in [1.82, 2.24) is 19.9 Å². The first-order valence-electron chi connectivity index (χ1n) is 9.13. The highest BCUT2D eigenvalue weighted by Crippen LogP contribution is 2.22. The van der Waals surface area contributed by atoms with Crippen LogP contribution in [-0.2, 0) is 0 Å². The zero-order valence-electron chi connectivity index (χ0n) is 15.6. The van der Waals surface area contributed by atoms with Gasteiger partial charge in [-0.05, 0) is 37.6 Å². The van der Waals surface area contributed by atoms with Gasteiger partial charge in [0.2, 0.25) is 11.9 Å². The van der Waals surface area contributed by atoms with Gasteiger partial charge in [-0.15, -0.1) is 0 Å². The third-order valence-electron chi connectivity index (χ3n) is 4.69. The van der Waals surface area contributed by atoms with Crippen LogP contribution < -0.4 is 15.1 Å². The topological polar surface area (TPSA) is 70.1 Å². The molecule has 1 aliphatic heterocycles. The van der Waals surface area contributed by atoms with Gasteiger partial charge in [-0.3, -0.25) is 0 Å². The summed E-state index contributed by atoms with van der Waals surface area (Å²) in [6.45, 7) is 7.57. The van der Waals surface area contributed by atoms with Crippen molar-refractivity contribution in [3.05, 3.63) is 60.0 Å². The minimum atomic E-state index is 0.749. The minimum absolute atomic E-state index is 0.749. The number of anilines is 4. The molecular formula is C20H23N7. The van der Waals surface area contributed by atoms with E-state index in [1.54, 1.807) is 18.6 Å². The normalized spacial score (nSPS) is 14.3. The summed E-state index contributed by atoms with van der Waals surface area (Å²) in [6.07, 6.45) is 5.36. The molecule has 0 saturated carbocycles. The molecular weight excluding hydrogens is 338 g/mol. The standard InChI is InChI=1S/C20H23N7/c1-15-4-5-17(16(2)14-15)24-18-6-9-23-20(25-18)27-12-10-26(11-13-27)19-21-7-3-8-22-19/h3-9,14H,10-13H2,1-2H3,(H,23,24,25). The van der Waals surface area contributed by atoms with Crippen molar-refractivity contribution in [2.75, 3.05) is 41.3 Å². The molecule has 1 fully saturated rings. The Morgan fingerprint density at radius 1 is 0.815 bits per heavy atom. The predicted octanol–water partition coefficient (Wildman–Crippen LogP) is 2.95. The van der Waals surface area contributed by atoms with Crippen molar-refractivity contribution in [3.8, 4) is 0 Å². The van der Waals surface area contributed by atoms with Crippen molar-refractivity contribution in [2.24, 2.45) is 0 Å². The first-order valence-corrected chi connectivity index (χ1v) is 9.13. The van der Waals surface area contributed by atoms with Gasteiger partial charge in [-0.25, -0.2) is 15.0 Å². The van der Waals surface area contributed by atoms with E-state index >= 15 is 0 Å². The summed E-state index contributed by atoms with van der Waals surface area (Å²) in [5, 5.41) is 3.41. The number of nitrogens with one attached hydrogen (secondary N) is 1. The molecule has 2 aromatic heterocycles. The Morgan fingerprint density at radius 3 is 2.19 bits per heavy atom. The Bertz CT molecular complexity index is 905. The van der Waals surface area contributed by atoms with Crippen LogP contribution in [0, 0.1) is 13.8 Å². The van der Waals surface area contributed by atoms with Crippen molar-refractivity contribution in [1.29, 1.82) is 0 Å². The lowest BCUT2D eigenvalue weighted by atomic mass is 10.1. The Balaban J connectivity index is 1.44. The SMILES string of the molecule is Cc1ccc(Nc2ccnc(N3CCN(c4ncccn4)CC3)n2)c(C)c1. The van der Waals surface area contributed by atoms with Crippen LogP contribution in [0.25, 0.3) is 0 Å².